The van der Waals surface area contributed by atoms with Gasteiger partial charge in [0.05, 0.1) is 6.54 Å². The second-order valence-electron chi connectivity index (χ2n) is 5.03. The van der Waals surface area contributed by atoms with Crippen molar-refractivity contribution in [3.8, 4) is 0 Å². The van der Waals surface area contributed by atoms with Gasteiger partial charge in [0.2, 0.25) is 0 Å². The minimum atomic E-state index is -0.548. The van der Waals surface area contributed by atoms with Crippen molar-refractivity contribution in [3.05, 3.63) is 34.9 Å². The van der Waals surface area contributed by atoms with Gasteiger partial charge in [-0.05, 0) is 26.8 Å². The van der Waals surface area contributed by atoms with Crippen LogP contribution in [-0.2, 0) is 9.57 Å². The zero-order chi connectivity index (χ0) is 14.5. The first kappa shape index (κ1) is 15.8. The van der Waals surface area contributed by atoms with Crippen LogP contribution in [0.5, 0.6) is 0 Å². The topological polar surface area (TPSA) is 73.6 Å². The van der Waals surface area contributed by atoms with E-state index in [4.69, 9.17) is 27.1 Å². The maximum Gasteiger partial charge on any atom is 0.407 e. The van der Waals surface area contributed by atoms with E-state index in [0.717, 1.165) is 0 Å². The van der Waals surface area contributed by atoms with Crippen molar-refractivity contribution in [3.63, 3.8) is 0 Å². The predicted octanol–water partition coefficient (Wildman–Crippen LogP) is 2.80. The molecule has 0 aliphatic rings. The molecule has 1 rings (SSSR count). The van der Waals surface area contributed by atoms with Crippen LogP contribution in [-0.4, -0.2) is 18.2 Å². The van der Waals surface area contributed by atoms with Crippen LogP contribution in [0, 0.1) is 0 Å². The van der Waals surface area contributed by atoms with E-state index in [9.17, 15) is 4.79 Å². The van der Waals surface area contributed by atoms with Crippen LogP contribution in [0.3, 0.4) is 0 Å². The fourth-order valence-corrected chi connectivity index (χ4v) is 1.72. The third-order valence-corrected chi connectivity index (χ3v) is 2.59. The Hall–Kier alpha value is -1.30. The van der Waals surface area contributed by atoms with Crippen LogP contribution in [0.2, 0.25) is 5.02 Å². The Labute approximate surface area is 118 Å². The second-order valence-corrected chi connectivity index (χ2v) is 5.44. The third kappa shape index (κ3) is 5.46. The maximum absolute atomic E-state index is 11.5. The van der Waals surface area contributed by atoms with Crippen LogP contribution < -0.4 is 11.2 Å². The number of rotatable bonds is 4. The van der Waals surface area contributed by atoms with E-state index in [1.165, 1.54) is 0 Å². The minimum absolute atomic E-state index is 0.176. The molecule has 1 unspecified atom stereocenters. The van der Waals surface area contributed by atoms with Gasteiger partial charge in [0.25, 0.3) is 0 Å². The van der Waals surface area contributed by atoms with Crippen molar-refractivity contribution in [2.24, 2.45) is 5.90 Å². The lowest BCUT2D eigenvalue weighted by Gasteiger charge is -2.21. The quantitative estimate of drug-likeness (QED) is 0.835. The molecule has 1 aromatic carbocycles. The van der Waals surface area contributed by atoms with Crippen molar-refractivity contribution in [2.75, 3.05) is 6.54 Å². The van der Waals surface area contributed by atoms with Gasteiger partial charge in [-0.2, -0.15) is 0 Å². The number of hydrogen-bond acceptors (Lipinski definition) is 4. The lowest BCUT2D eigenvalue weighted by atomic mass is 10.1. The molecule has 0 spiro atoms. The van der Waals surface area contributed by atoms with Crippen LogP contribution in [0.15, 0.2) is 24.3 Å². The molecular formula is C13H19ClN2O3. The predicted molar refractivity (Wildman–Crippen MR) is 73.7 cm³/mol. The highest BCUT2D eigenvalue weighted by molar-refractivity contribution is 6.31. The first-order valence-electron chi connectivity index (χ1n) is 5.90. The molecule has 1 amide bonds. The molecule has 0 aliphatic carbocycles. The largest absolute Gasteiger partial charge is 0.444 e. The summed E-state index contributed by atoms with van der Waals surface area (Å²) in [6, 6.07) is 7.15. The molecule has 19 heavy (non-hydrogen) atoms. The summed E-state index contributed by atoms with van der Waals surface area (Å²) >= 11 is 6.04. The summed E-state index contributed by atoms with van der Waals surface area (Å²) in [5.41, 5.74) is 0.163. The number of carbonyl (C=O) groups excluding carboxylic acids is 1. The van der Waals surface area contributed by atoms with Gasteiger partial charge in [0, 0.05) is 10.6 Å². The highest BCUT2D eigenvalue weighted by Crippen LogP contribution is 2.23. The zero-order valence-electron chi connectivity index (χ0n) is 11.3. The van der Waals surface area contributed by atoms with Crippen LogP contribution in [0.25, 0.3) is 0 Å². The highest BCUT2D eigenvalue weighted by atomic mass is 35.5. The summed E-state index contributed by atoms with van der Waals surface area (Å²) in [4.78, 5) is 16.4. The van der Waals surface area contributed by atoms with Crippen LogP contribution in [0.1, 0.15) is 32.4 Å². The molecule has 0 radical (unpaired) electrons. The van der Waals surface area contributed by atoms with E-state index in [-0.39, 0.29) is 6.54 Å². The first-order chi connectivity index (χ1) is 8.83. The third-order valence-electron chi connectivity index (χ3n) is 2.25. The van der Waals surface area contributed by atoms with E-state index >= 15 is 0 Å². The minimum Gasteiger partial charge on any atom is -0.444 e. The van der Waals surface area contributed by atoms with E-state index in [2.05, 4.69) is 5.32 Å². The van der Waals surface area contributed by atoms with Gasteiger partial charge < -0.3 is 10.1 Å². The van der Waals surface area contributed by atoms with Crippen molar-refractivity contribution in [1.29, 1.82) is 0 Å². The number of halogens is 1. The summed E-state index contributed by atoms with van der Waals surface area (Å²) < 4.78 is 5.12. The Bertz CT molecular complexity index is 432. The summed E-state index contributed by atoms with van der Waals surface area (Å²) in [7, 11) is 0. The Morgan fingerprint density at radius 3 is 2.58 bits per heavy atom. The summed E-state index contributed by atoms with van der Waals surface area (Å²) in [6.45, 7) is 5.54. The van der Waals surface area contributed by atoms with E-state index in [1.54, 1.807) is 39.0 Å². The molecule has 0 fully saturated rings. The second kappa shape index (κ2) is 6.75. The van der Waals surface area contributed by atoms with Gasteiger partial charge in [-0.15, -0.1) is 0 Å². The normalized spacial score (nSPS) is 12.9. The highest BCUT2D eigenvalue weighted by Gasteiger charge is 2.19. The Morgan fingerprint density at radius 1 is 1.42 bits per heavy atom. The van der Waals surface area contributed by atoms with Crippen molar-refractivity contribution in [2.45, 2.75) is 32.5 Å². The number of amides is 1. The lowest BCUT2D eigenvalue weighted by molar-refractivity contribution is 0.0341. The van der Waals surface area contributed by atoms with Gasteiger partial charge in [-0.1, -0.05) is 29.8 Å². The average molecular weight is 287 g/mol. The molecule has 1 aromatic rings. The SMILES string of the molecule is CC(C)(C)OC(=O)NCC(ON)c1ccccc1Cl. The van der Waals surface area contributed by atoms with Crippen molar-refractivity contribution < 1.29 is 14.4 Å². The summed E-state index contributed by atoms with van der Waals surface area (Å²) in [5, 5.41) is 3.12. The molecule has 0 bridgehead atoms. The molecule has 3 N–H and O–H groups in total. The van der Waals surface area contributed by atoms with E-state index in [0.29, 0.717) is 10.6 Å². The monoisotopic (exact) mass is 286 g/mol. The van der Waals surface area contributed by atoms with Gasteiger partial charge in [0.15, 0.2) is 0 Å². The van der Waals surface area contributed by atoms with Crippen LogP contribution in [0.4, 0.5) is 4.79 Å². The average Bonchev–Trinajstić information content (AvgIpc) is 2.29. The molecule has 0 saturated carbocycles. The Morgan fingerprint density at radius 2 is 2.05 bits per heavy atom. The van der Waals surface area contributed by atoms with Gasteiger partial charge in [0.1, 0.15) is 11.7 Å². The lowest BCUT2D eigenvalue weighted by Crippen LogP contribution is -2.35. The fourth-order valence-electron chi connectivity index (χ4n) is 1.46. The van der Waals surface area contributed by atoms with Gasteiger partial charge in [-0.25, -0.2) is 10.7 Å². The molecule has 106 valence electrons. The first-order valence-corrected chi connectivity index (χ1v) is 6.28. The summed E-state index contributed by atoms with van der Waals surface area (Å²) in [6.07, 6.45) is -1.05. The smallest absolute Gasteiger partial charge is 0.407 e. The molecule has 6 heteroatoms. The fraction of sp³-hybridized carbons (Fsp3) is 0.462. The number of carbonyl (C=O) groups is 1. The number of hydrogen-bond donors (Lipinski definition) is 2. The number of ether oxygens (including phenoxy) is 1. The standard InChI is InChI=1S/C13H19ClN2O3/c1-13(2,3)18-12(17)16-8-11(19-15)9-6-4-5-7-10(9)14/h4-7,11H,8,15H2,1-3H3,(H,16,17). The molecular weight excluding hydrogens is 268 g/mol. The molecule has 0 heterocycles. The number of nitrogens with two attached hydrogens (primary N) is 1. The number of alkyl carbamates (subject to hydrolysis) is 1. The number of benzene rings is 1. The van der Waals surface area contributed by atoms with Crippen molar-refractivity contribution >= 4 is 17.7 Å². The molecule has 0 aromatic heterocycles. The van der Waals surface area contributed by atoms with Gasteiger partial charge in [-0.3, -0.25) is 4.84 Å². The summed E-state index contributed by atoms with van der Waals surface area (Å²) in [5.74, 6) is 5.24. The Balaban J connectivity index is 2.59. The maximum atomic E-state index is 11.5. The number of nitrogens with one attached hydrogen (secondary N) is 1. The molecule has 1 atom stereocenters. The van der Waals surface area contributed by atoms with E-state index < -0.39 is 17.8 Å². The zero-order valence-corrected chi connectivity index (χ0v) is 12.0. The van der Waals surface area contributed by atoms with Crippen molar-refractivity contribution in [1.82, 2.24) is 5.32 Å². The molecule has 5 nitrogen and oxygen atoms in total. The van der Waals surface area contributed by atoms with Crippen LogP contribution >= 0.6 is 11.6 Å². The molecule has 0 saturated heterocycles. The van der Waals surface area contributed by atoms with E-state index in [1.807, 2.05) is 6.07 Å². The molecule has 0 aliphatic heterocycles. The van der Waals surface area contributed by atoms with Gasteiger partial charge >= 0.3 is 6.09 Å². The Kier molecular flexibility index (Phi) is 5.60.